The Balaban J connectivity index is 0. The lowest BCUT2D eigenvalue weighted by Crippen LogP contribution is -2.17. The van der Waals surface area contributed by atoms with Gasteiger partial charge in [-0.05, 0) is 19.4 Å². The highest BCUT2D eigenvalue weighted by molar-refractivity contribution is 7.19. The molecule has 0 aromatic heterocycles. The van der Waals surface area contributed by atoms with Gasteiger partial charge in [0.05, 0.1) is 6.61 Å². The molecule has 0 unspecified atom stereocenters. The number of esters is 1. The zero-order valence-electron chi connectivity index (χ0n) is 13.4. The maximum atomic E-state index is 10.9. The van der Waals surface area contributed by atoms with Gasteiger partial charge < -0.3 is 4.74 Å². The van der Waals surface area contributed by atoms with Gasteiger partial charge in [-0.15, -0.1) is 0 Å². The summed E-state index contributed by atoms with van der Waals surface area (Å²) in [5, 5.41) is 0. The zero-order valence-corrected chi connectivity index (χ0v) is 15.1. The van der Waals surface area contributed by atoms with Gasteiger partial charge in [0.1, 0.15) is 0 Å². The number of hydrogen-bond donors (Lipinski definition) is 0. The molecule has 0 saturated heterocycles. The minimum Gasteiger partial charge on any atom is -0.462 e. The van der Waals surface area contributed by atoms with Crippen LogP contribution in [0.1, 0.15) is 52.9 Å². The number of rotatable bonds is 8. The summed E-state index contributed by atoms with van der Waals surface area (Å²) < 4.78 is 4.92. The molecule has 0 heterocycles. The monoisotopic (exact) mass is 306 g/mol. The van der Waals surface area contributed by atoms with Crippen molar-refractivity contribution in [3.8, 4) is 0 Å². The lowest BCUT2D eigenvalue weighted by Gasteiger charge is -2.12. The SMILES string of the molecule is C=C(C)C(=O)OCCC[Si](C)(C)Cl.CCCCCC. The first-order chi connectivity index (χ1) is 8.74. The highest BCUT2D eigenvalue weighted by Gasteiger charge is 2.16. The third-order valence-electron chi connectivity index (χ3n) is 2.45. The molecule has 4 heteroatoms. The van der Waals surface area contributed by atoms with Gasteiger partial charge in [-0.3, -0.25) is 0 Å². The summed E-state index contributed by atoms with van der Waals surface area (Å²) in [6, 6.07) is 0.970. The van der Waals surface area contributed by atoms with Crippen molar-refractivity contribution in [3.05, 3.63) is 12.2 Å². The number of ether oxygens (including phenoxy) is 1. The Morgan fingerprint density at radius 2 is 1.63 bits per heavy atom. The molecule has 0 aliphatic heterocycles. The van der Waals surface area contributed by atoms with E-state index in [0.717, 1.165) is 12.5 Å². The second-order valence-corrected chi connectivity index (χ2v) is 12.5. The second kappa shape index (κ2) is 12.7. The van der Waals surface area contributed by atoms with E-state index in [9.17, 15) is 4.79 Å². The maximum absolute atomic E-state index is 10.9. The highest BCUT2D eigenvalue weighted by Crippen LogP contribution is 2.16. The number of carbonyl (C=O) groups is 1. The highest BCUT2D eigenvalue weighted by atomic mass is 35.6. The van der Waals surface area contributed by atoms with Crippen LogP contribution in [0.5, 0.6) is 0 Å². The molecule has 2 nitrogen and oxygen atoms in total. The van der Waals surface area contributed by atoms with Gasteiger partial charge in [-0.2, -0.15) is 11.1 Å². The molecule has 114 valence electrons. The van der Waals surface area contributed by atoms with E-state index in [1.165, 1.54) is 25.7 Å². The third-order valence-corrected chi connectivity index (χ3v) is 4.56. The van der Waals surface area contributed by atoms with Gasteiger partial charge in [0.25, 0.3) is 0 Å². The van der Waals surface area contributed by atoms with Crippen LogP contribution in [0.15, 0.2) is 12.2 Å². The molecule has 0 aliphatic rings. The van der Waals surface area contributed by atoms with Gasteiger partial charge in [-0.25, -0.2) is 4.79 Å². The molecule has 0 amide bonds. The standard InChI is InChI=1S/C9H17ClO2Si.C6H14/c1-8(2)9(11)12-6-5-7-13(3,4)10;1-3-5-6-4-2/h1,5-7H2,2-4H3;3-6H2,1-2H3. The Bertz CT molecular complexity index is 243. The van der Waals surface area contributed by atoms with Crippen molar-refractivity contribution in [1.82, 2.24) is 0 Å². The lowest BCUT2D eigenvalue weighted by molar-refractivity contribution is -0.138. The average molecular weight is 307 g/mol. The predicted octanol–water partition coefficient (Wildman–Crippen LogP) is 5.53. The van der Waals surface area contributed by atoms with E-state index in [-0.39, 0.29) is 5.97 Å². The summed E-state index contributed by atoms with van der Waals surface area (Å²) in [7, 11) is -1.50. The van der Waals surface area contributed by atoms with Crippen LogP contribution in [-0.4, -0.2) is 20.0 Å². The lowest BCUT2D eigenvalue weighted by atomic mass is 10.2. The average Bonchev–Trinajstić information content (AvgIpc) is 2.31. The fraction of sp³-hybridized carbons (Fsp3) is 0.800. The van der Waals surface area contributed by atoms with E-state index < -0.39 is 7.38 Å². The van der Waals surface area contributed by atoms with Crippen molar-refractivity contribution in [3.63, 3.8) is 0 Å². The van der Waals surface area contributed by atoms with Crippen LogP contribution >= 0.6 is 11.1 Å². The normalized spacial score (nSPS) is 10.4. The summed E-state index contributed by atoms with van der Waals surface area (Å²) in [5.74, 6) is -0.311. The van der Waals surface area contributed by atoms with Crippen molar-refractivity contribution in [2.24, 2.45) is 0 Å². The third kappa shape index (κ3) is 20.2. The zero-order chi connectivity index (χ0) is 15.3. The summed E-state index contributed by atoms with van der Waals surface area (Å²) in [6.45, 7) is 14.2. The van der Waals surface area contributed by atoms with E-state index >= 15 is 0 Å². The van der Waals surface area contributed by atoms with Gasteiger partial charge in [-0.1, -0.05) is 59.2 Å². The smallest absolute Gasteiger partial charge is 0.333 e. The first-order valence-corrected chi connectivity index (χ1v) is 11.5. The molecule has 0 aliphatic carbocycles. The Morgan fingerprint density at radius 3 is 1.95 bits per heavy atom. The number of halogens is 1. The molecule has 0 rings (SSSR count). The summed E-state index contributed by atoms with van der Waals surface area (Å²) in [4.78, 5) is 10.9. The summed E-state index contributed by atoms with van der Waals surface area (Å²) in [5.41, 5.74) is 0.447. The first kappa shape index (κ1) is 21.0. The molecule has 0 aromatic rings. The van der Waals surface area contributed by atoms with E-state index in [1.807, 2.05) is 0 Å². The molecule has 0 N–H and O–H groups in total. The molecule has 0 saturated carbocycles. The van der Waals surface area contributed by atoms with E-state index in [4.69, 9.17) is 15.8 Å². The fourth-order valence-electron chi connectivity index (χ4n) is 1.28. The van der Waals surface area contributed by atoms with Crippen LogP contribution in [0.4, 0.5) is 0 Å². The first-order valence-electron chi connectivity index (χ1n) is 7.26. The van der Waals surface area contributed by atoms with Crippen molar-refractivity contribution in [1.29, 1.82) is 0 Å². The van der Waals surface area contributed by atoms with E-state index in [1.54, 1.807) is 6.92 Å². The molecule has 0 spiro atoms. The van der Waals surface area contributed by atoms with Gasteiger partial charge in [0, 0.05) is 5.57 Å². The van der Waals surface area contributed by atoms with Gasteiger partial charge in [0.15, 0.2) is 7.38 Å². The van der Waals surface area contributed by atoms with Crippen molar-refractivity contribution in [2.45, 2.75) is 72.0 Å². The van der Waals surface area contributed by atoms with Gasteiger partial charge >= 0.3 is 5.97 Å². The molecule has 0 radical (unpaired) electrons. The predicted molar refractivity (Wildman–Crippen MR) is 88.3 cm³/mol. The Kier molecular flexibility index (Phi) is 14.1. The summed E-state index contributed by atoms with van der Waals surface area (Å²) >= 11 is 6.09. The Labute approximate surface area is 125 Å². The van der Waals surface area contributed by atoms with Crippen molar-refractivity contribution >= 4 is 24.4 Å². The maximum Gasteiger partial charge on any atom is 0.333 e. The quantitative estimate of drug-likeness (QED) is 0.194. The van der Waals surface area contributed by atoms with Crippen LogP contribution in [0.3, 0.4) is 0 Å². The summed E-state index contributed by atoms with van der Waals surface area (Å²) in [6.07, 6.45) is 6.39. The van der Waals surface area contributed by atoms with Crippen LogP contribution in [-0.2, 0) is 9.53 Å². The van der Waals surface area contributed by atoms with E-state index in [0.29, 0.717) is 12.2 Å². The fourth-order valence-corrected chi connectivity index (χ4v) is 2.67. The van der Waals surface area contributed by atoms with Crippen LogP contribution in [0.25, 0.3) is 0 Å². The van der Waals surface area contributed by atoms with Crippen LogP contribution in [0.2, 0.25) is 19.1 Å². The molecule has 0 fully saturated rings. The van der Waals surface area contributed by atoms with Crippen LogP contribution < -0.4 is 0 Å². The second-order valence-electron chi connectivity index (χ2n) is 5.45. The number of hydrogen-bond acceptors (Lipinski definition) is 2. The van der Waals surface area contributed by atoms with Crippen molar-refractivity contribution in [2.75, 3.05) is 6.61 Å². The minimum atomic E-state index is -1.50. The Morgan fingerprint density at radius 1 is 1.16 bits per heavy atom. The van der Waals surface area contributed by atoms with Crippen molar-refractivity contribution < 1.29 is 9.53 Å². The number of unbranched alkanes of at least 4 members (excludes halogenated alkanes) is 3. The molecule has 19 heavy (non-hydrogen) atoms. The minimum absolute atomic E-state index is 0.311. The molecule has 0 bridgehead atoms. The molecular formula is C15H31ClO2Si. The van der Waals surface area contributed by atoms with Crippen LogP contribution in [0, 0.1) is 0 Å². The van der Waals surface area contributed by atoms with Gasteiger partial charge in [0.2, 0.25) is 0 Å². The topological polar surface area (TPSA) is 26.3 Å². The molecular weight excluding hydrogens is 276 g/mol. The Hall–Kier alpha value is -0.283. The molecule has 0 atom stereocenters. The number of carbonyl (C=O) groups excluding carboxylic acids is 1. The molecule has 0 aromatic carbocycles. The largest absolute Gasteiger partial charge is 0.462 e. The van der Waals surface area contributed by atoms with E-state index in [2.05, 4.69) is 33.5 Å².